The minimum absolute atomic E-state index is 0.0661. The van der Waals surface area contributed by atoms with Crippen molar-refractivity contribution in [1.82, 2.24) is 0 Å². The number of aliphatic hydroxyl groups excluding tert-OH is 1. The molecule has 8 rings (SSSR count). The van der Waals surface area contributed by atoms with Gasteiger partial charge in [-0.05, 0) is 124 Å². The Morgan fingerprint density at radius 1 is 0.661 bits per heavy atom. The van der Waals surface area contributed by atoms with Crippen molar-refractivity contribution < 1.29 is 53.1 Å². The molecule has 0 radical (unpaired) electrons. The zero-order valence-corrected chi connectivity index (χ0v) is 34.1. The molecule has 1 aliphatic heterocycles. The third-order valence-electron chi connectivity index (χ3n) is 15.2. The molecule has 0 aromatic heterocycles. The smallest absolute Gasteiger partial charge is 0.338 e. The normalized spacial score (nSPS) is 37.5. The molecule has 0 amide bonds. The zero-order valence-electron chi connectivity index (χ0n) is 34.1. The molecule has 11 heteroatoms. The molecule has 3 aromatic carbocycles. The molecule has 314 valence electrons. The summed E-state index contributed by atoms with van der Waals surface area (Å²) >= 11 is 0. The molecule has 1 heterocycles. The van der Waals surface area contributed by atoms with Gasteiger partial charge in [0.25, 0.3) is 0 Å². The van der Waals surface area contributed by atoms with E-state index in [2.05, 4.69) is 13.8 Å². The lowest BCUT2D eigenvalue weighted by atomic mass is 9.43. The molecule has 13 atom stereocenters. The van der Waals surface area contributed by atoms with Crippen molar-refractivity contribution in [3.63, 3.8) is 0 Å². The molecule has 11 nitrogen and oxygen atoms in total. The van der Waals surface area contributed by atoms with Crippen LogP contribution in [0.25, 0.3) is 0 Å². The monoisotopic (exact) mass is 808 g/mol. The van der Waals surface area contributed by atoms with Crippen LogP contribution in [0.2, 0.25) is 0 Å². The average Bonchev–Trinajstić information content (AvgIpc) is 3.54. The van der Waals surface area contributed by atoms with E-state index in [9.17, 15) is 29.4 Å². The van der Waals surface area contributed by atoms with Crippen LogP contribution in [-0.2, 0) is 28.5 Å². The minimum atomic E-state index is -1.31. The van der Waals surface area contributed by atoms with Crippen LogP contribution in [0.3, 0.4) is 0 Å². The number of carbonyl (C=O) groups is 4. The molecule has 5 fully saturated rings. The molecule has 0 bridgehead atoms. The number of aliphatic hydroxyl groups is 2. The number of benzene rings is 3. The van der Waals surface area contributed by atoms with Gasteiger partial charge in [0, 0.05) is 11.3 Å². The van der Waals surface area contributed by atoms with Crippen LogP contribution in [0.4, 0.5) is 0 Å². The Balaban J connectivity index is 1.05. The first kappa shape index (κ1) is 41.3. The van der Waals surface area contributed by atoms with Crippen molar-refractivity contribution in [2.24, 2.45) is 34.5 Å². The average molecular weight is 809 g/mol. The fourth-order valence-electron chi connectivity index (χ4n) is 11.9. The number of Topliss-reactive ketones (excluding diaryl/α,β-unsaturated/α-hetero) is 1. The van der Waals surface area contributed by atoms with Crippen molar-refractivity contribution in [1.29, 1.82) is 0 Å². The van der Waals surface area contributed by atoms with Crippen molar-refractivity contribution in [3.8, 4) is 0 Å². The molecule has 1 saturated heterocycles. The van der Waals surface area contributed by atoms with Gasteiger partial charge in [0.2, 0.25) is 0 Å². The van der Waals surface area contributed by atoms with E-state index in [0.717, 1.165) is 38.5 Å². The van der Waals surface area contributed by atoms with Gasteiger partial charge in [-0.1, -0.05) is 68.4 Å². The second-order valence-electron chi connectivity index (χ2n) is 18.0. The Bertz CT molecular complexity index is 1990. The zero-order chi connectivity index (χ0) is 41.5. The molecule has 0 spiro atoms. The van der Waals surface area contributed by atoms with Crippen molar-refractivity contribution in [2.75, 3.05) is 6.61 Å². The first-order chi connectivity index (χ1) is 28.4. The van der Waals surface area contributed by atoms with Gasteiger partial charge in [0.1, 0.15) is 6.61 Å². The Morgan fingerprint density at radius 2 is 1.20 bits per heavy atom. The number of carbonyl (C=O) groups excluding carboxylic acids is 4. The van der Waals surface area contributed by atoms with E-state index in [1.54, 1.807) is 97.9 Å². The van der Waals surface area contributed by atoms with E-state index < -0.39 is 66.2 Å². The summed E-state index contributed by atoms with van der Waals surface area (Å²) in [7, 11) is 0. The summed E-state index contributed by atoms with van der Waals surface area (Å²) in [5.74, 6) is -1.88. The molecule has 59 heavy (non-hydrogen) atoms. The maximum atomic E-state index is 13.8. The SMILES string of the molecule is C[C@@H]1O[C@H](O[C@H]2CC[C@@]3(C)[C@H](CC[C@@H]4[C@@H]3CC[C@]3(C)[C@@H](C(=O)CO)CC[C@]43O)C2)[C@H](OC(=O)c2ccccc2)[C@H](OC(=O)c2ccccc2)[C@H]1OC(=O)c1ccccc1. The molecule has 2 N–H and O–H groups in total. The highest BCUT2D eigenvalue weighted by atomic mass is 16.7. The van der Waals surface area contributed by atoms with E-state index in [-0.39, 0.29) is 52.1 Å². The predicted molar refractivity (Wildman–Crippen MR) is 215 cm³/mol. The molecular weight excluding hydrogens is 753 g/mol. The van der Waals surface area contributed by atoms with Crippen LogP contribution in [0, 0.1) is 34.5 Å². The van der Waals surface area contributed by atoms with Crippen LogP contribution in [0.15, 0.2) is 91.0 Å². The number of esters is 3. The quantitative estimate of drug-likeness (QED) is 0.122. The third kappa shape index (κ3) is 7.53. The van der Waals surface area contributed by atoms with Crippen LogP contribution in [-0.4, -0.2) is 82.9 Å². The maximum absolute atomic E-state index is 13.8. The molecular formula is C48H56O11. The summed E-state index contributed by atoms with van der Waals surface area (Å²) in [5.41, 5.74) is -0.726. The second kappa shape index (κ2) is 16.6. The molecule has 4 saturated carbocycles. The molecule has 4 aliphatic carbocycles. The Hall–Kier alpha value is -4.42. The number of fused-ring (bicyclic) bond motifs is 5. The summed E-state index contributed by atoms with van der Waals surface area (Å²) in [6.45, 7) is 5.66. The highest BCUT2D eigenvalue weighted by Gasteiger charge is 2.68. The van der Waals surface area contributed by atoms with Gasteiger partial charge in [0.15, 0.2) is 30.4 Å². The fourth-order valence-corrected chi connectivity index (χ4v) is 11.9. The highest BCUT2D eigenvalue weighted by molar-refractivity contribution is 5.91. The summed E-state index contributed by atoms with van der Waals surface area (Å²) in [6, 6.07) is 25.4. The predicted octanol–water partition coefficient (Wildman–Crippen LogP) is 7.13. The number of ether oxygens (including phenoxy) is 5. The van der Waals surface area contributed by atoms with Crippen LogP contribution in [0.5, 0.6) is 0 Å². The fraction of sp³-hybridized carbons (Fsp3) is 0.542. The molecule has 3 aromatic rings. The van der Waals surface area contributed by atoms with Gasteiger partial charge in [-0.25, -0.2) is 14.4 Å². The van der Waals surface area contributed by atoms with E-state index in [0.29, 0.717) is 24.8 Å². The standard InChI is InChI=1S/C48H56O11/c1-29-39(57-42(51)30-13-7-4-8-14-30)40(58-43(52)31-15-9-5-10-16-31)41(59-44(53)32-17-11-6-12-18-32)45(55-29)56-34-21-24-46(2)33(27-34)19-20-36-35(46)22-25-47(3)37(38(50)28-49)23-26-48(36,47)54/h4-18,29,33-37,39-41,45,49,54H,19-28H2,1-3H3/t29-,33+,34-,35-,36+,37+,39-,40+,41+,45+,46-,47+,48-/m0/s1. The number of hydrogen-bond acceptors (Lipinski definition) is 11. The third-order valence-corrected chi connectivity index (χ3v) is 15.2. The lowest BCUT2D eigenvalue weighted by Crippen LogP contribution is -2.63. The van der Waals surface area contributed by atoms with Crippen molar-refractivity contribution in [3.05, 3.63) is 108 Å². The highest BCUT2D eigenvalue weighted by Crippen LogP contribution is 2.69. The molecule has 5 aliphatic rings. The van der Waals surface area contributed by atoms with Gasteiger partial charge >= 0.3 is 17.9 Å². The van der Waals surface area contributed by atoms with Gasteiger partial charge < -0.3 is 33.9 Å². The van der Waals surface area contributed by atoms with Crippen molar-refractivity contribution in [2.45, 2.75) is 121 Å². The number of ketones is 1. The lowest BCUT2D eigenvalue weighted by molar-refractivity contribution is -0.308. The van der Waals surface area contributed by atoms with Gasteiger partial charge in [-0.3, -0.25) is 4.79 Å². The maximum Gasteiger partial charge on any atom is 0.338 e. The summed E-state index contributed by atoms with van der Waals surface area (Å²) in [4.78, 5) is 54.0. The molecule has 0 unspecified atom stereocenters. The summed E-state index contributed by atoms with van der Waals surface area (Å²) in [6.07, 6.45) is 0.739. The van der Waals surface area contributed by atoms with Gasteiger partial charge in [0.05, 0.1) is 34.5 Å². The van der Waals surface area contributed by atoms with E-state index in [4.69, 9.17) is 23.7 Å². The Morgan fingerprint density at radius 3 is 1.76 bits per heavy atom. The first-order valence-corrected chi connectivity index (χ1v) is 21.3. The largest absolute Gasteiger partial charge is 0.452 e. The van der Waals surface area contributed by atoms with Crippen LogP contribution in [0.1, 0.15) is 110 Å². The number of hydrogen-bond donors (Lipinski definition) is 2. The first-order valence-electron chi connectivity index (χ1n) is 21.3. The van der Waals surface area contributed by atoms with E-state index >= 15 is 0 Å². The van der Waals surface area contributed by atoms with Crippen LogP contribution < -0.4 is 0 Å². The second-order valence-corrected chi connectivity index (χ2v) is 18.0. The van der Waals surface area contributed by atoms with Crippen molar-refractivity contribution >= 4 is 23.7 Å². The van der Waals surface area contributed by atoms with E-state index in [1.165, 1.54) is 0 Å². The van der Waals surface area contributed by atoms with E-state index in [1.807, 2.05) is 0 Å². The topological polar surface area (TPSA) is 155 Å². The minimum Gasteiger partial charge on any atom is -0.452 e. The van der Waals surface area contributed by atoms with Gasteiger partial charge in [-0.15, -0.1) is 0 Å². The lowest BCUT2D eigenvalue weighted by Gasteiger charge is -2.63. The Labute approximate surface area is 345 Å². The summed E-state index contributed by atoms with van der Waals surface area (Å²) in [5, 5.41) is 22.2. The summed E-state index contributed by atoms with van der Waals surface area (Å²) < 4.78 is 31.8. The number of rotatable bonds is 10. The Kier molecular flexibility index (Phi) is 11.6. The van der Waals surface area contributed by atoms with Crippen LogP contribution >= 0.6 is 0 Å². The van der Waals surface area contributed by atoms with Gasteiger partial charge in [-0.2, -0.15) is 0 Å².